The minimum absolute atomic E-state index is 0.0639. The third-order valence-electron chi connectivity index (χ3n) is 1.74. The molecule has 6 heteroatoms. The Morgan fingerprint density at radius 1 is 1.71 bits per heavy atom. The predicted molar refractivity (Wildman–Crippen MR) is 56.6 cm³/mol. The Balaban J connectivity index is 3.18. The van der Waals surface area contributed by atoms with Crippen LogP contribution in [0, 0.1) is 10.1 Å². The van der Waals surface area contributed by atoms with Crippen molar-refractivity contribution in [1.29, 1.82) is 0 Å². The van der Waals surface area contributed by atoms with Gasteiger partial charge in [-0.3, -0.25) is 10.1 Å². The summed E-state index contributed by atoms with van der Waals surface area (Å²) in [6.07, 6.45) is 1.66. The van der Waals surface area contributed by atoms with E-state index in [-0.39, 0.29) is 16.4 Å². The molecule has 76 valence electrons. The van der Waals surface area contributed by atoms with E-state index in [1.54, 1.807) is 6.07 Å². The number of anilines is 1. The molecule has 0 aliphatic heterocycles. The van der Waals surface area contributed by atoms with E-state index in [1.807, 2.05) is 6.92 Å². The summed E-state index contributed by atoms with van der Waals surface area (Å²) < 4.78 is 0. The van der Waals surface area contributed by atoms with Gasteiger partial charge in [-0.2, -0.15) is 0 Å². The van der Waals surface area contributed by atoms with Crippen molar-refractivity contribution in [2.75, 3.05) is 5.73 Å². The Morgan fingerprint density at radius 2 is 2.36 bits per heavy atom. The van der Waals surface area contributed by atoms with Crippen molar-refractivity contribution in [2.45, 2.75) is 24.7 Å². The maximum Gasteiger partial charge on any atom is 0.324 e. The number of thiol groups is 1. The fourth-order valence-corrected chi connectivity index (χ4v) is 1.51. The summed E-state index contributed by atoms with van der Waals surface area (Å²) in [6.45, 7) is 2.00. The molecular formula is C8H11N3O2S. The van der Waals surface area contributed by atoms with Gasteiger partial charge in [-0.15, -0.1) is 12.6 Å². The van der Waals surface area contributed by atoms with Crippen molar-refractivity contribution in [3.05, 3.63) is 21.9 Å². The summed E-state index contributed by atoms with van der Waals surface area (Å²) in [5.41, 5.74) is 5.97. The van der Waals surface area contributed by atoms with Crippen LogP contribution >= 0.6 is 12.6 Å². The molecule has 5 nitrogen and oxygen atoms in total. The Bertz CT molecular complexity index is 345. The quantitative estimate of drug-likeness (QED) is 0.455. The fraction of sp³-hybridized carbons (Fsp3) is 0.375. The van der Waals surface area contributed by atoms with Crippen LogP contribution in [-0.2, 0) is 6.42 Å². The number of pyridine rings is 1. The van der Waals surface area contributed by atoms with Gasteiger partial charge in [0.15, 0.2) is 0 Å². The first-order valence-corrected chi connectivity index (χ1v) is 4.63. The summed E-state index contributed by atoms with van der Waals surface area (Å²) in [5, 5.41) is 10.5. The lowest BCUT2D eigenvalue weighted by Crippen LogP contribution is -2.02. The van der Waals surface area contributed by atoms with E-state index >= 15 is 0 Å². The van der Waals surface area contributed by atoms with E-state index in [0.717, 1.165) is 18.5 Å². The summed E-state index contributed by atoms with van der Waals surface area (Å²) >= 11 is 4.01. The number of aromatic nitrogens is 1. The van der Waals surface area contributed by atoms with E-state index in [9.17, 15) is 10.1 Å². The summed E-state index contributed by atoms with van der Waals surface area (Å²) in [4.78, 5) is 14.2. The van der Waals surface area contributed by atoms with Gasteiger partial charge in [0.2, 0.25) is 5.82 Å². The van der Waals surface area contributed by atoms with Crippen molar-refractivity contribution >= 4 is 24.1 Å². The summed E-state index contributed by atoms with van der Waals surface area (Å²) in [6, 6.07) is 1.58. The highest BCUT2D eigenvalue weighted by molar-refractivity contribution is 7.80. The maximum atomic E-state index is 10.5. The zero-order valence-electron chi connectivity index (χ0n) is 7.73. The molecule has 0 fully saturated rings. The lowest BCUT2D eigenvalue weighted by molar-refractivity contribution is -0.387. The molecule has 0 saturated heterocycles. The Morgan fingerprint density at radius 3 is 2.79 bits per heavy atom. The van der Waals surface area contributed by atoms with Crippen molar-refractivity contribution < 1.29 is 4.92 Å². The highest BCUT2D eigenvalue weighted by Crippen LogP contribution is 2.28. The monoisotopic (exact) mass is 213 g/mol. The molecule has 0 radical (unpaired) electrons. The van der Waals surface area contributed by atoms with Gasteiger partial charge >= 0.3 is 5.69 Å². The van der Waals surface area contributed by atoms with E-state index < -0.39 is 4.92 Å². The minimum Gasteiger partial charge on any atom is -0.378 e. The highest BCUT2D eigenvalue weighted by atomic mass is 32.1. The maximum absolute atomic E-state index is 10.5. The Hall–Kier alpha value is -1.30. The fourth-order valence-electron chi connectivity index (χ4n) is 1.17. The van der Waals surface area contributed by atoms with E-state index in [2.05, 4.69) is 17.6 Å². The molecule has 14 heavy (non-hydrogen) atoms. The molecule has 0 atom stereocenters. The van der Waals surface area contributed by atoms with Gasteiger partial charge in [0.25, 0.3) is 0 Å². The molecule has 1 heterocycles. The summed E-state index contributed by atoms with van der Waals surface area (Å²) in [7, 11) is 0. The van der Waals surface area contributed by atoms with Crippen molar-refractivity contribution in [3.63, 3.8) is 0 Å². The molecule has 0 aromatic carbocycles. The first kappa shape index (κ1) is 10.8. The van der Waals surface area contributed by atoms with Crippen molar-refractivity contribution in [3.8, 4) is 0 Å². The van der Waals surface area contributed by atoms with Crippen molar-refractivity contribution in [1.82, 2.24) is 4.98 Å². The molecule has 0 spiro atoms. The lowest BCUT2D eigenvalue weighted by Gasteiger charge is -2.03. The van der Waals surface area contributed by atoms with Gasteiger partial charge in [-0.1, -0.05) is 13.3 Å². The zero-order valence-corrected chi connectivity index (χ0v) is 8.62. The Labute approximate surface area is 86.9 Å². The topological polar surface area (TPSA) is 82.0 Å². The van der Waals surface area contributed by atoms with Crippen LogP contribution in [0.3, 0.4) is 0 Å². The molecule has 0 aliphatic rings. The zero-order chi connectivity index (χ0) is 10.7. The molecule has 1 aromatic heterocycles. The molecule has 0 saturated carbocycles. The molecule has 1 aromatic rings. The lowest BCUT2D eigenvalue weighted by atomic mass is 10.2. The second-order valence-electron chi connectivity index (χ2n) is 2.87. The van der Waals surface area contributed by atoms with Crippen LogP contribution in [0.4, 0.5) is 11.5 Å². The second-order valence-corrected chi connectivity index (χ2v) is 3.36. The number of nitrogens with zero attached hydrogens (tertiary/aromatic N) is 2. The van der Waals surface area contributed by atoms with Gasteiger partial charge < -0.3 is 5.73 Å². The number of nitro groups is 1. The first-order chi connectivity index (χ1) is 6.56. The number of nitrogen functional groups attached to an aromatic ring is 1. The van der Waals surface area contributed by atoms with E-state index in [4.69, 9.17) is 5.73 Å². The second kappa shape index (κ2) is 4.28. The average Bonchev–Trinajstić information content (AvgIpc) is 2.01. The van der Waals surface area contributed by atoms with E-state index in [0.29, 0.717) is 0 Å². The molecule has 0 bridgehead atoms. The molecule has 0 aliphatic carbocycles. The van der Waals surface area contributed by atoms with Crippen LogP contribution in [0.15, 0.2) is 11.0 Å². The van der Waals surface area contributed by atoms with Crippen molar-refractivity contribution in [2.24, 2.45) is 0 Å². The number of rotatable bonds is 3. The van der Waals surface area contributed by atoms with E-state index in [1.165, 1.54) is 0 Å². The third kappa shape index (κ3) is 2.14. The Kier molecular flexibility index (Phi) is 3.29. The van der Waals surface area contributed by atoms with Crippen LogP contribution in [0.2, 0.25) is 0 Å². The number of hydrogen-bond donors (Lipinski definition) is 2. The van der Waals surface area contributed by atoms with Gasteiger partial charge in [0.05, 0.1) is 9.82 Å². The SMILES string of the molecule is CCCc1cc(S)c([N+](=O)[O-])c(N)n1. The number of aryl methyl sites for hydroxylation is 1. The van der Waals surface area contributed by atoms with Crippen LogP contribution in [0.1, 0.15) is 19.0 Å². The van der Waals surface area contributed by atoms with Crippen LogP contribution in [-0.4, -0.2) is 9.91 Å². The van der Waals surface area contributed by atoms with Gasteiger partial charge in [0.1, 0.15) is 0 Å². The number of nitrogens with two attached hydrogens (primary N) is 1. The van der Waals surface area contributed by atoms with Crippen LogP contribution < -0.4 is 5.73 Å². The smallest absolute Gasteiger partial charge is 0.324 e. The number of hydrogen-bond acceptors (Lipinski definition) is 5. The predicted octanol–water partition coefficient (Wildman–Crippen LogP) is 1.81. The average molecular weight is 213 g/mol. The largest absolute Gasteiger partial charge is 0.378 e. The minimum atomic E-state index is -0.569. The molecular weight excluding hydrogens is 202 g/mol. The third-order valence-corrected chi connectivity index (χ3v) is 2.08. The normalized spacial score (nSPS) is 10.1. The molecule has 0 amide bonds. The molecule has 1 rings (SSSR count). The van der Waals surface area contributed by atoms with Gasteiger partial charge in [0, 0.05) is 5.69 Å². The molecule has 0 unspecified atom stereocenters. The van der Waals surface area contributed by atoms with Crippen LogP contribution in [0.5, 0.6) is 0 Å². The standard InChI is InChI=1S/C8H11N3O2S/c1-2-3-5-4-6(14)7(11(12)13)8(9)10-5/h4H,2-3H2,1H3,(H3,9,10,14). The summed E-state index contributed by atoms with van der Waals surface area (Å²) in [5.74, 6) is -0.0639. The van der Waals surface area contributed by atoms with Gasteiger partial charge in [-0.25, -0.2) is 4.98 Å². The van der Waals surface area contributed by atoms with Gasteiger partial charge in [-0.05, 0) is 12.5 Å². The first-order valence-electron chi connectivity index (χ1n) is 4.19. The highest BCUT2D eigenvalue weighted by Gasteiger charge is 2.18. The van der Waals surface area contributed by atoms with Crippen LogP contribution in [0.25, 0.3) is 0 Å². The molecule has 2 N–H and O–H groups in total.